The minimum absolute atomic E-state index is 0.0237. The van der Waals surface area contributed by atoms with Gasteiger partial charge in [-0.05, 0) is 31.0 Å². The van der Waals surface area contributed by atoms with Gasteiger partial charge in [0.15, 0.2) is 5.11 Å². The highest BCUT2D eigenvalue weighted by Crippen LogP contribution is 2.37. The molecule has 2 amide bonds. The Hall–Kier alpha value is -0.970. The van der Waals surface area contributed by atoms with Crippen molar-refractivity contribution >= 4 is 29.1 Å². The van der Waals surface area contributed by atoms with Gasteiger partial charge in [0.1, 0.15) is 5.41 Å². The first-order valence-electron chi connectivity index (χ1n) is 6.15. The summed E-state index contributed by atoms with van der Waals surface area (Å²) in [5.74, 6) is -0.460. The van der Waals surface area contributed by atoms with Crippen molar-refractivity contribution in [2.75, 3.05) is 0 Å². The molecular formula is C12H20N2O2S. The van der Waals surface area contributed by atoms with Gasteiger partial charge in [0.25, 0.3) is 0 Å². The predicted molar refractivity (Wildman–Crippen MR) is 70.3 cm³/mol. The Balaban J connectivity index is 3.07. The maximum Gasteiger partial charge on any atom is 0.242 e. The van der Waals surface area contributed by atoms with Crippen LogP contribution in [0, 0.1) is 11.3 Å². The monoisotopic (exact) mass is 256 g/mol. The Morgan fingerprint density at radius 1 is 1.18 bits per heavy atom. The third-order valence-corrected chi connectivity index (χ3v) is 3.68. The molecule has 4 nitrogen and oxygen atoms in total. The second kappa shape index (κ2) is 5.58. The number of nitrogens with one attached hydrogen (secondary N) is 2. The molecule has 0 aromatic rings. The smallest absolute Gasteiger partial charge is 0.242 e. The summed E-state index contributed by atoms with van der Waals surface area (Å²) in [5, 5.41) is 5.29. The molecule has 0 aromatic heterocycles. The maximum absolute atomic E-state index is 12.2. The van der Waals surface area contributed by atoms with Crippen LogP contribution in [0.25, 0.3) is 0 Å². The second-order valence-electron chi connectivity index (χ2n) is 4.65. The van der Waals surface area contributed by atoms with Crippen molar-refractivity contribution in [3.8, 4) is 0 Å². The van der Waals surface area contributed by atoms with Gasteiger partial charge >= 0.3 is 0 Å². The fourth-order valence-corrected chi connectivity index (χ4v) is 2.74. The molecule has 96 valence electrons. The molecule has 1 atom stereocenters. The quantitative estimate of drug-likeness (QED) is 0.582. The molecule has 1 saturated heterocycles. The summed E-state index contributed by atoms with van der Waals surface area (Å²) < 4.78 is 0. The van der Waals surface area contributed by atoms with E-state index in [-0.39, 0.29) is 22.8 Å². The topological polar surface area (TPSA) is 58.2 Å². The average molecular weight is 256 g/mol. The van der Waals surface area contributed by atoms with Crippen LogP contribution in [0.4, 0.5) is 0 Å². The number of rotatable bonds is 5. The number of amides is 2. The minimum Gasteiger partial charge on any atom is -0.302 e. The van der Waals surface area contributed by atoms with Crippen LogP contribution in [0.2, 0.25) is 0 Å². The molecule has 1 aliphatic heterocycles. The highest BCUT2D eigenvalue weighted by Gasteiger charge is 2.51. The largest absolute Gasteiger partial charge is 0.302 e. The molecule has 17 heavy (non-hydrogen) atoms. The Morgan fingerprint density at radius 3 is 2.12 bits per heavy atom. The zero-order chi connectivity index (χ0) is 13.1. The van der Waals surface area contributed by atoms with Crippen molar-refractivity contribution < 1.29 is 9.59 Å². The SMILES string of the molecule is CCCC(C)C1(CCC)C(=O)NC(=S)NC1=O. The van der Waals surface area contributed by atoms with Crippen molar-refractivity contribution in [3.05, 3.63) is 0 Å². The van der Waals surface area contributed by atoms with Crippen molar-refractivity contribution in [2.45, 2.75) is 46.5 Å². The minimum atomic E-state index is -0.951. The van der Waals surface area contributed by atoms with E-state index in [4.69, 9.17) is 12.2 Å². The molecule has 1 unspecified atom stereocenters. The summed E-state index contributed by atoms with van der Waals surface area (Å²) in [6.45, 7) is 6.00. The second-order valence-corrected chi connectivity index (χ2v) is 5.06. The van der Waals surface area contributed by atoms with Crippen LogP contribution < -0.4 is 10.6 Å². The van der Waals surface area contributed by atoms with Crippen LogP contribution in [0.3, 0.4) is 0 Å². The number of thiocarbonyl (C=S) groups is 1. The van der Waals surface area contributed by atoms with Gasteiger partial charge in [0.2, 0.25) is 11.8 Å². The summed E-state index contributed by atoms with van der Waals surface area (Å²) in [6.07, 6.45) is 3.17. The van der Waals surface area contributed by atoms with Gasteiger partial charge in [0.05, 0.1) is 0 Å². The molecule has 0 aliphatic carbocycles. The molecule has 1 heterocycles. The third kappa shape index (κ3) is 2.49. The molecule has 0 aromatic carbocycles. The van der Waals surface area contributed by atoms with Gasteiger partial charge in [-0.2, -0.15) is 0 Å². The summed E-state index contributed by atoms with van der Waals surface area (Å²) in [7, 11) is 0. The first-order valence-corrected chi connectivity index (χ1v) is 6.56. The van der Waals surface area contributed by atoms with Gasteiger partial charge in [-0.1, -0.05) is 33.6 Å². The first kappa shape index (κ1) is 14.1. The Labute approximate surface area is 108 Å². The van der Waals surface area contributed by atoms with E-state index in [1.54, 1.807) is 0 Å². The Bertz CT molecular complexity index is 321. The fraction of sp³-hybridized carbons (Fsp3) is 0.750. The lowest BCUT2D eigenvalue weighted by molar-refractivity contribution is -0.148. The third-order valence-electron chi connectivity index (χ3n) is 3.47. The normalized spacial score (nSPS) is 20.8. The number of hydrogen-bond donors (Lipinski definition) is 2. The fourth-order valence-electron chi connectivity index (χ4n) is 2.56. The van der Waals surface area contributed by atoms with Crippen LogP contribution in [0.15, 0.2) is 0 Å². The van der Waals surface area contributed by atoms with E-state index >= 15 is 0 Å². The Kier molecular flexibility index (Phi) is 4.62. The molecule has 5 heteroatoms. The van der Waals surface area contributed by atoms with Crippen molar-refractivity contribution in [1.82, 2.24) is 10.6 Å². The zero-order valence-electron chi connectivity index (χ0n) is 10.6. The summed E-state index contributed by atoms with van der Waals surface area (Å²) in [5.41, 5.74) is -0.951. The maximum atomic E-state index is 12.2. The van der Waals surface area contributed by atoms with Crippen LogP contribution in [0.5, 0.6) is 0 Å². The molecule has 1 fully saturated rings. The Morgan fingerprint density at radius 2 is 1.71 bits per heavy atom. The van der Waals surface area contributed by atoms with Crippen molar-refractivity contribution in [2.24, 2.45) is 11.3 Å². The number of carbonyl (C=O) groups is 2. The average Bonchev–Trinajstić information content (AvgIpc) is 2.23. The van der Waals surface area contributed by atoms with E-state index in [0.717, 1.165) is 19.3 Å². The number of hydrogen-bond acceptors (Lipinski definition) is 3. The molecule has 0 bridgehead atoms. The zero-order valence-corrected chi connectivity index (χ0v) is 11.4. The lowest BCUT2D eigenvalue weighted by atomic mass is 9.69. The van der Waals surface area contributed by atoms with E-state index in [1.807, 2.05) is 13.8 Å². The summed E-state index contributed by atoms with van der Waals surface area (Å²) >= 11 is 4.83. The standard InChI is InChI=1S/C12H20N2O2S/c1-4-6-8(3)12(7-5-2)9(15)13-11(17)14-10(12)16/h8H,4-7H2,1-3H3,(H2,13,14,15,16,17). The van der Waals surface area contributed by atoms with Crippen molar-refractivity contribution in [3.63, 3.8) is 0 Å². The van der Waals surface area contributed by atoms with Crippen LogP contribution >= 0.6 is 12.2 Å². The van der Waals surface area contributed by atoms with Gasteiger partial charge in [-0.3, -0.25) is 9.59 Å². The van der Waals surface area contributed by atoms with Crippen LogP contribution in [0.1, 0.15) is 46.5 Å². The van der Waals surface area contributed by atoms with Crippen LogP contribution in [-0.4, -0.2) is 16.9 Å². The molecule has 0 spiro atoms. The number of carbonyl (C=O) groups excluding carboxylic acids is 2. The molecular weight excluding hydrogens is 236 g/mol. The summed E-state index contributed by atoms with van der Waals surface area (Å²) in [4.78, 5) is 24.4. The molecule has 0 radical (unpaired) electrons. The van der Waals surface area contributed by atoms with E-state index in [1.165, 1.54) is 0 Å². The highest BCUT2D eigenvalue weighted by molar-refractivity contribution is 7.80. The van der Waals surface area contributed by atoms with E-state index in [2.05, 4.69) is 17.6 Å². The van der Waals surface area contributed by atoms with Crippen LogP contribution in [-0.2, 0) is 9.59 Å². The van der Waals surface area contributed by atoms with E-state index in [9.17, 15) is 9.59 Å². The van der Waals surface area contributed by atoms with E-state index < -0.39 is 5.41 Å². The van der Waals surface area contributed by atoms with Gasteiger partial charge in [-0.15, -0.1) is 0 Å². The van der Waals surface area contributed by atoms with Gasteiger partial charge in [-0.25, -0.2) is 0 Å². The first-order chi connectivity index (χ1) is 7.98. The predicted octanol–water partition coefficient (Wildman–Crippen LogP) is 1.74. The molecule has 2 N–H and O–H groups in total. The lowest BCUT2D eigenvalue weighted by Gasteiger charge is -2.39. The molecule has 1 aliphatic rings. The molecule has 1 rings (SSSR count). The van der Waals surface area contributed by atoms with Gasteiger partial charge < -0.3 is 10.6 Å². The summed E-state index contributed by atoms with van der Waals surface area (Å²) in [6, 6.07) is 0. The van der Waals surface area contributed by atoms with E-state index in [0.29, 0.717) is 6.42 Å². The van der Waals surface area contributed by atoms with Crippen molar-refractivity contribution in [1.29, 1.82) is 0 Å². The highest BCUT2D eigenvalue weighted by atomic mass is 32.1. The van der Waals surface area contributed by atoms with Gasteiger partial charge in [0, 0.05) is 0 Å². The molecule has 0 saturated carbocycles. The lowest BCUT2D eigenvalue weighted by Crippen LogP contribution is -2.64.